The summed E-state index contributed by atoms with van der Waals surface area (Å²) in [5, 5.41) is 8.10. The molecule has 0 spiro atoms. The Labute approximate surface area is 69.6 Å². The Hall–Kier alpha value is -1.35. The van der Waals surface area contributed by atoms with E-state index in [-0.39, 0.29) is 16.7 Å². The summed E-state index contributed by atoms with van der Waals surface area (Å²) in [4.78, 5) is 3.59. The molecule has 6 heteroatoms. The second-order valence-corrected chi connectivity index (χ2v) is 4.17. The molecule has 0 aliphatic heterocycles. The molecule has 0 saturated carbocycles. The normalized spacial score (nSPS) is 11.1. The monoisotopic (exact) mass is 186 g/mol. The van der Waals surface area contributed by atoms with Gasteiger partial charge in [0.2, 0.25) is 9.84 Å². The smallest absolute Gasteiger partial charge is 0.256 e. The first-order valence-electron chi connectivity index (χ1n) is 3.02. The zero-order valence-electron chi connectivity index (χ0n) is 6.53. The van der Waals surface area contributed by atoms with E-state index in [2.05, 4.69) is 4.98 Å². The lowest BCUT2D eigenvalue weighted by molar-refractivity contribution is 0.424. The van der Waals surface area contributed by atoms with E-state index in [1.165, 1.54) is 6.92 Å². The minimum atomic E-state index is -3.48. The summed E-state index contributed by atoms with van der Waals surface area (Å²) in [6.45, 7) is 1.48. The standard InChI is InChI=1S/C6H6N2O3S/c1-4-8-5(3-7)6(11-4)12(2,9)10/h1-2H3. The van der Waals surface area contributed by atoms with Gasteiger partial charge in [-0.1, -0.05) is 0 Å². The summed E-state index contributed by atoms with van der Waals surface area (Å²) in [6, 6.07) is 1.64. The first-order valence-corrected chi connectivity index (χ1v) is 4.92. The Kier molecular flexibility index (Phi) is 1.90. The third kappa shape index (κ3) is 1.46. The van der Waals surface area contributed by atoms with E-state index in [0.29, 0.717) is 0 Å². The van der Waals surface area contributed by atoms with Gasteiger partial charge >= 0.3 is 0 Å². The van der Waals surface area contributed by atoms with Crippen molar-refractivity contribution >= 4 is 9.84 Å². The van der Waals surface area contributed by atoms with Crippen LogP contribution in [0, 0.1) is 18.3 Å². The van der Waals surface area contributed by atoms with Crippen molar-refractivity contribution in [3.05, 3.63) is 11.6 Å². The Morgan fingerprint density at radius 1 is 1.58 bits per heavy atom. The average molecular weight is 186 g/mol. The van der Waals surface area contributed by atoms with Crippen molar-refractivity contribution in [3.8, 4) is 6.07 Å². The molecule has 12 heavy (non-hydrogen) atoms. The number of rotatable bonds is 1. The van der Waals surface area contributed by atoms with Gasteiger partial charge in [0.15, 0.2) is 11.6 Å². The number of hydrogen-bond donors (Lipinski definition) is 0. The molecule has 5 nitrogen and oxygen atoms in total. The lowest BCUT2D eigenvalue weighted by atomic mass is 10.5. The number of aromatic nitrogens is 1. The van der Waals surface area contributed by atoms with Gasteiger partial charge in [0.05, 0.1) is 0 Å². The van der Waals surface area contributed by atoms with E-state index in [0.717, 1.165) is 6.26 Å². The quantitative estimate of drug-likeness (QED) is 0.628. The first-order chi connectivity index (χ1) is 5.45. The topological polar surface area (TPSA) is 84.0 Å². The van der Waals surface area contributed by atoms with E-state index in [1.54, 1.807) is 6.07 Å². The molecule has 0 fully saturated rings. The van der Waals surface area contributed by atoms with Crippen LogP contribution in [0.5, 0.6) is 0 Å². The average Bonchev–Trinajstić information content (AvgIpc) is 2.29. The highest BCUT2D eigenvalue weighted by Crippen LogP contribution is 2.15. The highest BCUT2D eigenvalue weighted by Gasteiger charge is 2.20. The minimum Gasteiger partial charge on any atom is -0.428 e. The Morgan fingerprint density at radius 3 is 2.50 bits per heavy atom. The number of sulfone groups is 1. The maximum atomic E-state index is 10.9. The fraction of sp³-hybridized carbons (Fsp3) is 0.333. The van der Waals surface area contributed by atoms with Gasteiger partial charge in [0, 0.05) is 13.2 Å². The second kappa shape index (κ2) is 2.60. The van der Waals surface area contributed by atoms with Gasteiger partial charge in [0.1, 0.15) is 6.07 Å². The number of nitrogens with zero attached hydrogens (tertiary/aromatic N) is 2. The maximum Gasteiger partial charge on any atom is 0.256 e. The summed E-state index contributed by atoms with van der Waals surface area (Å²) in [5.74, 6) is 0.173. The Balaban J connectivity index is 3.46. The molecular formula is C6H6N2O3S. The van der Waals surface area contributed by atoms with Crippen LogP contribution in [0.25, 0.3) is 0 Å². The van der Waals surface area contributed by atoms with Crippen molar-refractivity contribution in [1.82, 2.24) is 4.98 Å². The SMILES string of the molecule is Cc1nc(C#N)c(S(C)(=O)=O)o1. The maximum absolute atomic E-state index is 10.9. The summed E-state index contributed by atoms with van der Waals surface area (Å²) < 4.78 is 26.6. The van der Waals surface area contributed by atoms with Gasteiger partial charge in [-0.3, -0.25) is 0 Å². The lowest BCUT2D eigenvalue weighted by Crippen LogP contribution is -1.97. The van der Waals surface area contributed by atoms with Crippen LogP contribution in [0.2, 0.25) is 0 Å². The van der Waals surface area contributed by atoms with E-state index in [4.69, 9.17) is 9.68 Å². The summed E-state index contributed by atoms with van der Waals surface area (Å²) >= 11 is 0. The highest BCUT2D eigenvalue weighted by atomic mass is 32.2. The first kappa shape index (κ1) is 8.74. The third-order valence-corrected chi connectivity index (χ3v) is 2.10. The number of aryl methyl sites for hydroxylation is 1. The fourth-order valence-corrected chi connectivity index (χ4v) is 1.44. The van der Waals surface area contributed by atoms with Crippen molar-refractivity contribution in [3.63, 3.8) is 0 Å². The van der Waals surface area contributed by atoms with Crippen LogP contribution < -0.4 is 0 Å². The molecule has 1 aromatic rings. The van der Waals surface area contributed by atoms with E-state index in [1.807, 2.05) is 0 Å². The van der Waals surface area contributed by atoms with Gasteiger partial charge in [-0.15, -0.1) is 0 Å². The molecule has 1 aromatic heterocycles. The summed E-state index contributed by atoms with van der Waals surface area (Å²) in [7, 11) is -3.48. The molecule has 0 amide bonds. The fourth-order valence-electron chi connectivity index (χ4n) is 0.730. The number of oxazole rings is 1. The molecule has 0 radical (unpaired) electrons. The predicted octanol–water partition coefficient (Wildman–Crippen LogP) is 0.258. The third-order valence-electron chi connectivity index (χ3n) is 1.15. The molecule has 0 atom stereocenters. The second-order valence-electron chi connectivity index (χ2n) is 2.25. The minimum absolute atomic E-state index is 0.173. The van der Waals surface area contributed by atoms with Crippen molar-refractivity contribution in [2.45, 2.75) is 12.0 Å². The zero-order chi connectivity index (χ0) is 9.35. The van der Waals surface area contributed by atoms with Crippen molar-refractivity contribution < 1.29 is 12.8 Å². The molecule has 1 heterocycles. The van der Waals surface area contributed by atoms with Gasteiger partial charge < -0.3 is 4.42 Å². The molecule has 0 bridgehead atoms. The highest BCUT2D eigenvalue weighted by molar-refractivity contribution is 7.90. The van der Waals surface area contributed by atoms with Gasteiger partial charge in [-0.25, -0.2) is 13.4 Å². The largest absolute Gasteiger partial charge is 0.428 e. The molecule has 0 aromatic carbocycles. The number of nitriles is 1. The molecule has 64 valence electrons. The van der Waals surface area contributed by atoms with E-state index < -0.39 is 9.84 Å². The Morgan fingerprint density at radius 2 is 2.17 bits per heavy atom. The van der Waals surface area contributed by atoms with Crippen molar-refractivity contribution in [2.75, 3.05) is 6.26 Å². The van der Waals surface area contributed by atoms with Gasteiger partial charge in [-0.2, -0.15) is 5.26 Å². The van der Waals surface area contributed by atoms with Gasteiger partial charge in [-0.05, 0) is 0 Å². The zero-order valence-corrected chi connectivity index (χ0v) is 7.34. The van der Waals surface area contributed by atoms with Crippen LogP contribution in [0.1, 0.15) is 11.6 Å². The van der Waals surface area contributed by atoms with Crippen LogP contribution in [0.3, 0.4) is 0 Å². The van der Waals surface area contributed by atoms with Crippen LogP contribution in [0.15, 0.2) is 9.51 Å². The Bertz CT molecular complexity index is 438. The van der Waals surface area contributed by atoms with Crippen LogP contribution in [-0.2, 0) is 9.84 Å². The summed E-state index contributed by atoms with van der Waals surface area (Å²) in [6.07, 6.45) is 0.966. The summed E-state index contributed by atoms with van der Waals surface area (Å²) in [5.41, 5.74) is -0.185. The lowest BCUT2D eigenvalue weighted by Gasteiger charge is -1.88. The van der Waals surface area contributed by atoms with E-state index >= 15 is 0 Å². The molecular weight excluding hydrogens is 180 g/mol. The molecule has 0 aliphatic carbocycles. The van der Waals surface area contributed by atoms with Crippen LogP contribution >= 0.6 is 0 Å². The van der Waals surface area contributed by atoms with E-state index in [9.17, 15) is 8.42 Å². The van der Waals surface area contributed by atoms with Crippen molar-refractivity contribution in [2.24, 2.45) is 0 Å². The van der Waals surface area contributed by atoms with Crippen LogP contribution in [0.4, 0.5) is 0 Å². The molecule has 1 rings (SSSR count). The molecule has 0 saturated heterocycles. The van der Waals surface area contributed by atoms with Crippen molar-refractivity contribution in [1.29, 1.82) is 5.26 Å². The van der Waals surface area contributed by atoms with Crippen LogP contribution in [-0.4, -0.2) is 19.7 Å². The molecule has 0 unspecified atom stereocenters. The van der Waals surface area contributed by atoms with Gasteiger partial charge in [0.25, 0.3) is 5.09 Å². The number of hydrogen-bond acceptors (Lipinski definition) is 5. The predicted molar refractivity (Wildman–Crippen MR) is 39.1 cm³/mol. The molecule has 0 aliphatic rings. The molecule has 0 N–H and O–H groups in total.